The molecule has 1 fully saturated rings. The average molecular weight is 282 g/mol. The van der Waals surface area contributed by atoms with Gasteiger partial charge in [0, 0.05) is 6.42 Å². The molecule has 3 atom stereocenters. The third kappa shape index (κ3) is 1.81. The maximum atomic E-state index is 11.8. The third-order valence-corrected chi connectivity index (χ3v) is 3.17. The molecule has 5 amide bonds. The van der Waals surface area contributed by atoms with Crippen LogP contribution in [0.3, 0.4) is 0 Å². The van der Waals surface area contributed by atoms with Crippen molar-refractivity contribution in [2.24, 2.45) is 9.98 Å². The smallest absolute Gasteiger partial charge is 0.352 e. The molecular formula is C10H10N4O6. The molecule has 0 radical (unpaired) electrons. The molecule has 0 aromatic rings. The van der Waals surface area contributed by atoms with Crippen LogP contribution < -0.4 is 5.32 Å². The number of urea groups is 2. The summed E-state index contributed by atoms with van der Waals surface area (Å²) in [6, 6.07) is -1.71. The van der Waals surface area contributed by atoms with Gasteiger partial charge in [-0.2, -0.15) is 9.98 Å². The van der Waals surface area contributed by atoms with E-state index in [2.05, 4.69) is 9.98 Å². The minimum absolute atomic E-state index is 0.0224. The van der Waals surface area contributed by atoms with E-state index in [9.17, 15) is 19.5 Å². The van der Waals surface area contributed by atoms with Gasteiger partial charge in [0.2, 0.25) is 0 Å². The van der Waals surface area contributed by atoms with E-state index in [-0.39, 0.29) is 18.0 Å². The number of fused-ring (bicyclic) bond motifs is 1. The Balaban J connectivity index is 1.90. The molecule has 0 spiro atoms. The predicted molar refractivity (Wildman–Crippen MR) is 62.0 cm³/mol. The lowest BCUT2D eigenvalue weighted by molar-refractivity contribution is -0.113. The Morgan fingerprint density at radius 3 is 2.75 bits per heavy atom. The highest BCUT2D eigenvalue weighted by atomic mass is 16.5. The summed E-state index contributed by atoms with van der Waals surface area (Å²) in [5, 5.41) is 20.6. The first kappa shape index (κ1) is 12.8. The van der Waals surface area contributed by atoms with Crippen molar-refractivity contribution in [1.82, 2.24) is 10.2 Å². The standard InChI is InChI=1S/C10H10N4O6/c15-2-4-3(16)1-5(20-4)14-7-6(11-10(14)19)8(17)13-9(18)12-7/h3-5,15-16H,1-2H2,(H,13,17,18)/t3-,4+,5+/m0/s1. The van der Waals surface area contributed by atoms with Crippen LogP contribution in [0.5, 0.6) is 0 Å². The molecule has 0 unspecified atom stereocenters. The number of carbonyl (C=O) groups excluding carboxylic acids is 3. The van der Waals surface area contributed by atoms with Gasteiger partial charge in [0.1, 0.15) is 12.3 Å². The van der Waals surface area contributed by atoms with E-state index in [0.717, 1.165) is 4.90 Å². The fraction of sp³-hybridized carbons (Fsp3) is 0.500. The molecule has 3 aliphatic heterocycles. The highest BCUT2D eigenvalue weighted by molar-refractivity contribution is 6.72. The van der Waals surface area contributed by atoms with Crippen molar-refractivity contribution in [3.8, 4) is 0 Å². The molecule has 0 aromatic carbocycles. The van der Waals surface area contributed by atoms with E-state index >= 15 is 0 Å². The number of rotatable bonds is 2. The molecule has 20 heavy (non-hydrogen) atoms. The highest BCUT2D eigenvalue weighted by Gasteiger charge is 2.47. The lowest BCUT2D eigenvalue weighted by Crippen LogP contribution is -2.50. The first-order valence-electron chi connectivity index (χ1n) is 5.82. The van der Waals surface area contributed by atoms with E-state index in [1.54, 1.807) is 0 Å². The van der Waals surface area contributed by atoms with Gasteiger partial charge in [-0.15, -0.1) is 0 Å². The van der Waals surface area contributed by atoms with Crippen LogP contribution in [0, 0.1) is 0 Å². The number of aliphatic hydroxyl groups is 2. The van der Waals surface area contributed by atoms with Crippen molar-refractivity contribution in [2.75, 3.05) is 6.61 Å². The van der Waals surface area contributed by atoms with Crippen molar-refractivity contribution < 1.29 is 29.3 Å². The van der Waals surface area contributed by atoms with Crippen molar-refractivity contribution in [3.05, 3.63) is 0 Å². The topological polar surface area (TPSA) is 141 Å². The predicted octanol–water partition coefficient (Wildman–Crippen LogP) is -2.02. The molecule has 0 aromatic heterocycles. The molecule has 0 aliphatic carbocycles. The molecule has 3 rings (SSSR count). The van der Waals surface area contributed by atoms with Crippen LogP contribution in [-0.2, 0) is 9.53 Å². The number of nitrogens with zero attached hydrogens (tertiary/aromatic N) is 3. The monoisotopic (exact) mass is 282 g/mol. The lowest BCUT2D eigenvalue weighted by atomic mass is 10.2. The second kappa shape index (κ2) is 4.44. The summed E-state index contributed by atoms with van der Waals surface area (Å²) in [5.41, 5.74) is -0.264. The van der Waals surface area contributed by atoms with Crippen molar-refractivity contribution in [2.45, 2.75) is 24.9 Å². The van der Waals surface area contributed by atoms with Gasteiger partial charge in [-0.05, 0) is 0 Å². The van der Waals surface area contributed by atoms with E-state index in [4.69, 9.17) is 9.84 Å². The molecule has 1 saturated heterocycles. The van der Waals surface area contributed by atoms with Crippen molar-refractivity contribution >= 4 is 29.5 Å². The van der Waals surface area contributed by atoms with Crippen LogP contribution in [0.4, 0.5) is 9.59 Å². The van der Waals surface area contributed by atoms with E-state index in [1.807, 2.05) is 5.32 Å². The summed E-state index contributed by atoms with van der Waals surface area (Å²) in [6.45, 7) is -0.417. The number of aliphatic imine (C=N–C) groups is 2. The minimum Gasteiger partial charge on any atom is -0.394 e. The summed E-state index contributed by atoms with van der Waals surface area (Å²) < 4.78 is 5.30. The van der Waals surface area contributed by atoms with Gasteiger partial charge in [-0.1, -0.05) is 0 Å². The molecule has 3 aliphatic rings. The lowest BCUT2D eigenvalue weighted by Gasteiger charge is -2.24. The molecular weight excluding hydrogens is 272 g/mol. The minimum atomic E-state index is -0.962. The number of amides is 5. The van der Waals surface area contributed by atoms with Crippen LogP contribution in [0.15, 0.2) is 9.98 Å². The quantitative estimate of drug-likeness (QED) is 0.534. The zero-order valence-corrected chi connectivity index (χ0v) is 10.0. The first-order valence-corrected chi connectivity index (χ1v) is 5.82. The fourth-order valence-electron chi connectivity index (χ4n) is 2.24. The number of imide groups is 1. The first-order chi connectivity index (χ1) is 9.51. The molecule has 106 valence electrons. The number of hydrogen-bond acceptors (Lipinski definition) is 6. The van der Waals surface area contributed by atoms with Crippen LogP contribution in [0.25, 0.3) is 0 Å². The Morgan fingerprint density at radius 1 is 1.35 bits per heavy atom. The zero-order valence-electron chi connectivity index (χ0n) is 10.0. The Bertz CT molecular complexity index is 570. The van der Waals surface area contributed by atoms with Gasteiger partial charge < -0.3 is 14.9 Å². The maximum absolute atomic E-state index is 11.8. The number of amidine groups is 1. The molecule has 0 bridgehead atoms. The largest absolute Gasteiger partial charge is 0.394 e. The SMILES string of the molecule is O=C1N=C2C(=NC(=O)N2[C@H]2C[C@H](O)[C@@H](CO)O2)C(=O)N1. The van der Waals surface area contributed by atoms with Crippen LogP contribution >= 0.6 is 0 Å². The Morgan fingerprint density at radius 2 is 2.10 bits per heavy atom. The number of ether oxygens (including phenoxy) is 1. The summed E-state index contributed by atoms with van der Waals surface area (Å²) in [5.74, 6) is -1.01. The second-order valence-corrected chi connectivity index (χ2v) is 4.42. The summed E-state index contributed by atoms with van der Waals surface area (Å²) >= 11 is 0. The summed E-state index contributed by atoms with van der Waals surface area (Å²) in [6.07, 6.45) is -2.72. The Hall–Kier alpha value is -2.17. The van der Waals surface area contributed by atoms with Crippen molar-refractivity contribution in [1.29, 1.82) is 0 Å². The van der Waals surface area contributed by atoms with Crippen LogP contribution in [0.2, 0.25) is 0 Å². The molecule has 3 N–H and O–H groups in total. The number of carbonyl (C=O) groups is 3. The van der Waals surface area contributed by atoms with E-state index in [1.165, 1.54) is 0 Å². The van der Waals surface area contributed by atoms with Gasteiger partial charge in [-0.3, -0.25) is 10.1 Å². The molecule has 10 heteroatoms. The number of nitrogens with one attached hydrogen (secondary N) is 1. The zero-order chi connectivity index (χ0) is 14.4. The highest BCUT2D eigenvalue weighted by Crippen LogP contribution is 2.27. The Kier molecular flexibility index (Phi) is 2.85. The third-order valence-electron chi connectivity index (χ3n) is 3.17. The average Bonchev–Trinajstić information content (AvgIpc) is 2.89. The maximum Gasteiger partial charge on any atom is 0.352 e. The van der Waals surface area contributed by atoms with Gasteiger partial charge in [-0.25, -0.2) is 14.5 Å². The number of aliphatic hydroxyl groups excluding tert-OH is 2. The van der Waals surface area contributed by atoms with Gasteiger partial charge in [0.25, 0.3) is 5.91 Å². The second-order valence-electron chi connectivity index (χ2n) is 4.42. The summed E-state index contributed by atoms with van der Waals surface area (Å²) in [7, 11) is 0. The van der Waals surface area contributed by atoms with Gasteiger partial charge in [0.05, 0.1) is 12.7 Å². The fourth-order valence-corrected chi connectivity index (χ4v) is 2.24. The van der Waals surface area contributed by atoms with Crippen molar-refractivity contribution in [3.63, 3.8) is 0 Å². The van der Waals surface area contributed by atoms with Gasteiger partial charge in [0.15, 0.2) is 11.5 Å². The Labute approximate surface area is 111 Å². The molecule has 3 heterocycles. The molecule has 0 saturated carbocycles. The van der Waals surface area contributed by atoms with E-state index in [0.29, 0.717) is 0 Å². The van der Waals surface area contributed by atoms with Crippen LogP contribution in [0.1, 0.15) is 6.42 Å². The van der Waals surface area contributed by atoms with Crippen LogP contribution in [-0.4, -0.2) is 69.7 Å². The molecule has 10 nitrogen and oxygen atoms in total. The van der Waals surface area contributed by atoms with Gasteiger partial charge >= 0.3 is 12.1 Å². The van der Waals surface area contributed by atoms with E-state index < -0.39 is 43.0 Å². The normalized spacial score (nSPS) is 33.0. The number of hydrogen-bond donors (Lipinski definition) is 3. The summed E-state index contributed by atoms with van der Waals surface area (Å²) in [4.78, 5) is 42.6.